The second-order valence-corrected chi connectivity index (χ2v) is 6.24. The molecule has 1 aliphatic rings. The minimum Gasteiger partial charge on any atom is -0.485 e. The van der Waals surface area contributed by atoms with Crippen LogP contribution >= 0.6 is 0 Å². The van der Waals surface area contributed by atoms with E-state index in [-0.39, 0.29) is 17.7 Å². The lowest BCUT2D eigenvalue weighted by molar-refractivity contribution is -0.384. The largest absolute Gasteiger partial charge is 0.485 e. The highest BCUT2D eigenvalue weighted by Gasteiger charge is 2.27. The van der Waals surface area contributed by atoms with Gasteiger partial charge in [0.1, 0.15) is 11.9 Å². The summed E-state index contributed by atoms with van der Waals surface area (Å²) >= 11 is 0. The molecule has 0 radical (unpaired) electrons. The molecule has 26 heavy (non-hydrogen) atoms. The Morgan fingerprint density at radius 2 is 1.96 bits per heavy atom. The molecule has 2 aromatic carbocycles. The number of anilines is 1. The Balaban J connectivity index is 1.68. The maximum absolute atomic E-state index is 12.6. The first-order valence-electron chi connectivity index (χ1n) is 8.50. The predicted octanol–water partition coefficient (Wildman–Crippen LogP) is 2.95. The molecule has 0 aliphatic carbocycles. The average molecular weight is 355 g/mol. The Bertz CT molecular complexity index is 807. The second kappa shape index (κ2) is 7.43. The molecule has 3 rings (SSSR count). The van der Waals surface area contributed by atoms with Crippen LogP contribution in [0.1, 0.15) is 17.3 Å². The number of nitro groups is 1. The van der Waals surface area contributed by atoms with Crippen LogP contribution in [0.3, 0.4) is 0 Å². The number of benzene rings is 2. The molecule has 0 fully saturated rings. The molecule has 2 aromatic rings. The lowest BCUT2D eigenvalue weighted by atomic mass is 10.1. The molecule has 1 amide bonds. The third kappa shape index (κ3) is 3.61. The minimum atomic E-state index is -0.482. The van der Waals surface area contributed by atoms with E-state index in [1.807, 2.05) is 24.3 Å². The molecule has 7 heteroatoms. The Kier molecular flexibility index (Phi) is 5.06. The van der Waals surface area contributed by atoms with Gasteiger partial charge in [0, 0.05) is 31.3 Å². The van der Waals surface area contributed by atoms with Crippen molar-refractivity contribution in [1.29, 1.82) is 0 Å². The summed E-state index contributed by atoms with van der Waals surface area (Å²) in [5.41, 5.74) is 1.45. The van der Waals surface area contributed by atoms with E-state index in [1.54, 1.807) is 11.9 Å². The van der Waals surface area contributed by atoms with Gasteiger partial charge in [-0.05, 0) is 31.2 Å². The monoisotopic (exact) mass is 355 g/mol. The van der Waals surface area contributed by atoms with Crippen LogP contribution in [-0.2, 0) is 0 Å². The Morgan fingerprint density at radius 3 is 2.62 bits per heavy atom. The van der Waals surface area contributed by atoms with Gasteiger partial charge in [0.25, 0.3) is 11.6 Å². The Hall–Kier alpha value is -3.09. The van der Waals surface area contributed by atoms with E-state index in [4.69, 9.17) is 4.74 Å². The van der Waals surface area contributed by atoms with Crippen molar-refractivity contribution in [2.24, 2.45) is 0 Å². The first kappa shape index (κ1) is 17.7. The fourth-order valence-corrected chi connectivity index (χ4v) is 3.11. The number of hydrogen-bond acceptors (Lipinski definition) is 5. The predicted molar refractivity (Wildman–Crippen MR) is 98.8 cm³/mol. The number of hydrogen-bond donors (Lipinski definition) is 0. The number of rotatable bonds is 5. The van der Waals surface area contributed by atoms with E-state index in [1.165, 1.54) is 24.3 Å². The first-order valence-corrected chi connectivity index (χ1v) is 8.50. The van der Waals surface area contributed by atoms with Crippen LogP contribution in [0.2, 0.25) is 0 Å². The normalized spacial score (nSPS) is 15.8. The number of non-ortho nitro benzene ring substituents is 1. The van der Waals surface area contributed by atoms with Crippen LogP contribution in [0.25, 0.3) is 0 Å². The summed E-state index contributed by atoms with van der Waals surface area (Å²) in [7, 11) is 1.71. The van der Waals surface area contributed by atoms with Crippen LogP contribution in [-0.4, -0.2) is 48.5 Å². The molecule has 0 N–H and O–H groups in total. The number of amides is 1. The maximum atomic E-state index is 12.6. The van der Waals surface area contributed by atoms with Gasteiger partial charge >= 0.3 is 0 Å². The standard InChI is InChI=1S/C19H21N3O4/c1-3-21-13-16(26-18-7-5-4-6-17(18)21)12-20(2)19(23)14-8-10-15(11-9-14)22(24)25/h4-11,16H,3,12-13H2,1-2H3/t16-/m1/s1. The van der Waals surface area contributed by atoms with Gasteiger partial charge in [0.05, 0.1) is 23.7 Å². The van der Waals surface area contributed by atoms with Crippen molar-refractivity contribution in [3.05, 3.63) is 64.2 Å². The number of carbonyl (C=O) groups is 1. The fourth-order valence-electron chi connectivity index (χ4n) is 3.11. The van der Waals surface area contributed by atoms with Gasteiger partial charge < -0.3 is 14.5 Å². The Morgan fingerprint density at radius 1 is 1.27 bits per heavy atom. The summed E-state index contributed by atoms with van der Waals surface area (Å²) in [4.78, 5) is 26.6. The highest BCUT2D eigenvalue weighted by atomic mass is 16.6. The molecule has 0 bridgehead atoms. The van der Waals surface area contributed by atoms with E-state index < -0.39 is 4.92 Å². The molecule has 0 unspecified atom stereocenters. The lowest BCUT2D eigenvalue weighted by Crippen LogP contribution is -2.46. The Labute approximate surface area is 151 Å². The second-order valence-electron chi connectivity index (χ2n) is 6.24. The van der Waals surface area contributed by atoms with E-state index in [0.29, 0.717) is 18.7 Å². The summed E-state index contributed by atoms with van der Waals surface area (Å²) < 4.78 is 6.05. The molecule has 0 aromatic heterocycles. The zero-order valence-electron chi connectivity index (χ0n) is 14.8. The van der Waals surface area contributed by atoms with Crippen LogP contribution < -0.4 is 9.64 Å². The quantitative estimate of drug-likeness (QED) is 0.609. The zero-order chi connectivity index (χ0) is 18.7. The number of fused-ring (bicyclic) bond motifs is 1. The lowest BCUT2D eigenvalue weighted by Gasteiger charge is -2.37. The molecular weight excluding hydrogens is 334 g/mol. The van der Waals surface area contributed by atoms with Crippen molar-refractivity contribution in [3.8, 4) is 5.75 Å². The minimum absolute atomic E-state index is 0.0324. The number of carbonyl (C=O) groups excluding carboxylic acids is 1. The van der Waals surface area contributed by atoms with E-state index in [0.717, 1.165) is 18.0 Å². The van der Waals surface area contributed by atoms with Gasteiger partial charge in [-0.2, -0.15) is 0 Å². The van der Waals surface area contributed by atoms with Gasteiger partial charge in [-0.3, -0.25) is 14.9 Å². The van der Waals surface area contributed by atoms with E-state index >= 15 is 0 Å². The van der Waals surface area contributed by atoms with Crippen LogP contribution in [0.5, 0.6) is 5.75 Å². The topological polar surface area (TPSA) is 75.9 Å². The third-order valence-electron chi connectivity index (χ3n) is 4.45. The van der Waals surface area contributed by atoms with Crippen molar-refractivity contribution in [1.82, 2.24) is 4.90 Å². The summed E-state index contributed by atoms with van der Waals surface area (Å²) in [6, 6.07) is 13.5. The van der Waals surface area contributed by atoms with Gasteiger partial charge in [-0.15, -0.1) is 0 Å². The van der Waals surface area contributed by atoms with Gasteiger partial charge in [0.15, 0.2) is 0 Å². The molecule has 1 atom stereocenters. The molecular formula is C19H21N3O4. The number of likely N-dealkylation sites (N-methyl/N-ethyl adjacent to an activating group) is 2. The zero-order valence-corrected chi connectivity index (χ0v) is 14.8. The van der Waals surface area contributed by atoms with Crippen molar-refractivity contribution >= 4 is 17.3 Å². The smallest absolute Gasteiger partial charge is 0.269 e. The fraction of sp³-hybridized carbons (Fsp3) is 0.316. The van der Waals surface area contributed by atoms with Crippen molar-refractivity contribution in [3.63, 3.8) is 0 Å². The number of para-hydroxylation sites is 2. The molecule has 0 spiro atoms. The summed E-state index contributed by atoms with van der Waals surface area (Å²) in [5.74, 6) is 0.632. The maximum Gasteiger partial charge on any atom is 0.269 e. The molecule has 0 saturated carbocycles. The number of nitrogens with zero attached hydrogens (tertiary/aromatic N) is 3. The number of ether oxygens (including phenoxy) is 1. The van der Waals surface area contributed by atoms with Crippen molar-refractivity contribution in [2.75, 3.05) is 31.6 Å². The SMILES string of the molecule is CCN1C[C@@H](CN(C)C(=O)c2ccc([N+](=O)[O-])cc2)Oc2ccccc21. The van der Waals surface area contributed by atoms with Gasteiger partial charge in [0.2, 0.25) is 0 Å². The molecule has 1 heterocycles. The van der Waals surface area contributed by atoms with Crippen molar-refractivity contribution < 1.29 is 14.5 Å². The molecule has 7 nitrogen and oxygen atoms in total. The van der Waals surface area contributed by atoms with Gasteiger partial charge in [-0.1, -0.05) is 12.1 Å². The highest BCUT2D eigenvalue weighted by molar-refractivity contribution is 5.94. The third-order valence-corrected chi connectivity index (χ3v) is 4.45. The molecule has 0 saturated heterocycles. The van der Waals surface area contributed by atoms with Crippen LogP contribution in [0.4, 0.5) is 11.4 Å². The summed E-state index contributed by atoms with van der Waals surface area (Å²) in [6.45, 7) is 4.08. The van der Waals surface area contributed by atoms with E-state index in [2.05, 4.69) is 11.8 Å². The number of nitro benzene ring substituents is 1. The van der Waals surface area contributed by atoms with E-state index in [9.17, 15) is 14.9 Å². The highest BCUT2D eigenvalue weighted by Crippen LogP contribution is 2.32. The van der Waals surface area contributed by atoms with Gasteiger partial charge in [-0.25, -0.2) is 0 Å². The average Bonchev–Trinajstić information content (AvgIpc) is 2.66. The summed E-state index contributed by atoms with van der Waals surface area (Å²) in [5, 5.41) is 10.7. The molecule has 136 valence electrons. The molecule has 1 aliphatic heterocycles. The van der Waals surface area contributed by atoms with Crippen LogP contribution in [0.15, 0.2) is 48.5 Å². The van der Waals surface area contributed by atoms with Crippen molar-refractivity contribution in [2.45, 2.75) is 13.0 Å². The van der Waals surface area contributed by atoms with Crippen LogP contribution in [0, 0.1) is 10.1 Å². The first-order chi connectivity index (χ1) is 12.5. The summed E-state index contributed by atoms with van der Waals surface area (Å²) in [6.07, 6.45) is -0.142.